The van der Waals surface area contributed by atoms with Crippen LogP contribution in [0.5, 0.6) is 5.75 Å². The van der Waals surface area contributed by atoms with Crippen molar-refractivity contribution in [2.75, 3.05) is 32.1 Å². The molecule has 31 heavy (non-hydrogen) atoms. The summed E-state index contributed by atoms with van der Waals surface area (Å²) < 4.78 is 7.55. The van der Waals surface area contributed by atoms with Gasteiger partial charge in [-0.1, -0.05) is 38.5 Å². The Labute approximate surface area is 184 Å². The molecule has 162 valence electrons. The van der Waals surface area contributed by atoms with Gasteiger partial charge in [-0.05, 0) is 55.3 Å². The van der Waals surface area contributed by atoms with Crippen molar-refractivity contribution in [3.63, 3.8) is 0 Å². The van der Waals surface area contributed by atoms with Gasteiger partial charge in [-0.3, -0.25) is 14.4 Å². The zero-order valence-corrected chi connectivity index (χ0v) is 18.4. The van der Waals surface area contributed by atoms with Crippen molar-refractivity contribution in [1.29, 1.82) is 0 Å². The maximum atomic E-state index is 13.4. The van der Waals surface area contributed by atoms with Crippen LogP contribution >= 0.6 is 0 Å². The Balaban J connectivity index is 1.69. The number of benzene rings is 2. The van der Waals surface area contributed by atoms with E-state index >= 15 is 0 Å². The molecule has 1 aliphatic rings. The van der Waals surface area contributed by atoms with Crippen molar-refractivity contribution in [3.05, 3.63) is 71.4 Å². The Morgan fingerprint density at radius 1 is 1.16 bits per heavy atom. The number of nitrogens with two attached hydrogens (primary N) is 1. The number of para-hydroxylation sites is 1. The van der Waals surface area contributed by atoms with Crippen LogP contribution in [0.4, 0.5) is 0 Å². The smallest absolute Gasteiger partial charge is 0.196 e. The molecule has 1 aromatic heterocycles. The van der Waals surface area contributed by atoms with Crippen molar-refractivity contribution >= 4 is 22.3 Å². The van der Waals surface area contributed by atoms with Crippen LogP contribution in [0.1, 0.15) is 54.6 Å². The van der Waals surface area contributed by atoms with Gasteiger partial charge in [-0.2, -0.15) is 0 Å². The molecule has 0 fully saturated rings. The van der Waals surface area contributed by atoms with Gasteiger partial charge in [0.1, 0.15) is 5.75 Å². The highest BCUT2D eigenvalue weighted by atomic mass is 16.5. The van der Waals surface area contributed by atoms with Crippen LogP contribution in [0.3, 0.4) is 0 Å². The lowest BCUT2D eigenvalue weighted by molar-refractivity contribution is 0.103. The van der Waals surface area contributed by atoms with E-state index in [9.17, 15) is 4.79 Å². The summed E-state index contributed by atoms with van der Waals surface area (Å²) in [5.74, 6) is 6.86. The van der Waals surface area contributed by atoms with Gasteiger partial charge in [-0.25, -0.2) is 0 Å². The maximum Gasteiger partial charge on any atom is 0.196 e. The van der Waals surface area contributed by atoms with Crippen molar-refractivity contribution in [2.24, 2.45) is 0 Å². The number of carbonyl (C=O) groups is 1. The number of aromatic nitrogens is 1. The molecule has 5 heteroatoms. The number of rotatable bonds is 8. The van der Waals surface area contributed by atoms with Crippen molar-refractivity contribution in [1.82, 2.24) is 9.58 Å². The van der Waals surface area contributed by atoms with Gasteiger partial charge in [0, 0.05) is 35.8 Å². The summed E-state index contributed by atoms with van der Waals surface area (Å²) in [7, 11) is 0. The summed E-state index contributed by atoms with van der Waals surface area (Å²) in [5, 5.41) is 1.02. The van der Waals surface area contributed by atoms with Gasteiger partial charge in [0.15, 0.2) is 5.78 Å². The Morgan fingerprint density at radius 2 is 2.00 bits per heavy atom. The normalized spacial score (nSPS) is 14.6. The Morgan fingerprint density at radius 3 is 2.74 bits per heavy atom. The highest BCUT2D eigenvalue weighted by molar-refractivity contribution is 6.12. The number of ether oxygens (including phenoxy) is 1. The number of hydrogen-bond donors (Lipinski definition) is 1. The van der Waals surface area contributed by atoms with Crippen LogP contribution in [-0.4, -0.2) is 41.6 Å². The monoisotopic (exact) mass is 417 g/mol. The molecule has 0 unspecified atom stereocenters. The molecule has 2 heterocycles. The van der Waals surface area contributed by atoms with Crippen molar-refractivity contribution in [3.8, 4) is 5.75 Å². The van der Waals surface area contributed by atoms with Crippen molar-refractivity contribution < 1.29 is 9.53 Å². The zero-order chi connectivity index (χ0) is 21.8. The van der Waals surface area contributed by atoms with E-state index in [0.29, 0.717) is 23.5 Å². The molecule has 0 aliphatic carbocycles. The Hall–Kier alpha value is -3.05. The molecule has 3 aromatic rings. The lowest BCUT2D eigenvalue weighted by Crippen LogP contribution is -2.28. The zero-order valence-electron chi connectivity index (χ0n) is 18.4. The van der Waals surface area contributed by atoms with Crippen LogP contribution in [0.2, 0.25) is 0 Å². The minimum absolute atomic E-state index is 0.0282. The SMILES string of the molecule is CCCCOc1ccccc1C(=O)c1ccc2c(c1)c(C1=CCN(CC)CC1)cn2N. The summed E-state index contributed by atoms with van der Waals surface area (Å²) in [4.78, 5) is 15.8. The molecule has 4 rings (SSSR count). The summed E-state index contributed by atoms with van der Waals surface area (Å²) in [6.45, 7) is 7.97. The van der Waals surface area contributed by atoms with E-state index < -0.39 is 0 Å². The molecule has 0 atom stereocenters. The van der Waals surface area contributed by atoms with Crippen LogP contribution in [0, 0.1) is 0 Å². The number of unbranched alkanes of at least 4 members (excludes halogenated alkanes) is 1. The minimum Gasteiger partial charge on any atom is -0.493 e. The third-order valence-corrected chi connectivity index (χ3v) is 6.07. The second-order valence-electron chi connectivity index (χ2n) is 8.08. The van der Waals surface area contributed by atoms with Gasteiger partial charge in [0.05, 0.1) is 17.7 Å². The minimum atomic E-state index is -0.0282. The van der Waals surface area contributed by atoms with Crippen LogP contribution in [0.15, 0.2) is 54.7 Å². The van der Waals surface area contributed by atoms with Gasteiger partial charge < -0.3 is 10.6 Å². The maximum absolute atomic E-state index is 13.4. The topological polar surface area (TPSA) is 60.5 Å². The largest absolute Gasteiger partial charge is 0.493 e. The summed E-state index contributed by atoms with van der Waals surface area (Å²) in [6, 6.07) is 13.3. The second-order valence-corrected chi connectivity index (χ2v) is 8.08. The number of carbonyl (C=O) groups excluding carboxylic acids is 1. The summed E-state index contributed by atoms with van der Waals surface area (Å²) in [6.07, 6.45) is 7.27. The predicted molar refractivity (Wildman–Crippen MR) is 127 cm³/mol. The van der Waals surface area contributed by atoms with E-state index in [2.05, 4.69) is 24.8 Å². The molecule has 2 N–H and O–H groups in total. The first-order valence-electron chi connectivity index (χ1n) is 11.2. The highest BCUT2D eigenvalue weighted by Crippen LogP contribution is 2.32. The number of likely N-dealkylation sites (N-methyl/N-ethyl adjacent to an activating group) is 1. The lowest BCUT2D eigenvalue weighted by Gasteiger charge is -2.24. The van der Waals surface area contributed by atoms with E-state index in [4.69, 9.17) is 10.6 Å². The number of ketones is 1. The van der Waals surface area contributed by atoms with Crippen LogP contribution in [-0.2, 0) is 0 Å². The molecule has 0 amide bonds. The van der Waals surface area contributed by atoms with Crippen molar-refractivity contribution in [2.45, 2.75) is 33.1 Å². The van der Waals surface area contributed by atoms with Crippen LogP contribution < -0.4 is 10.6 Å². The van der Waals surface area contributed by atoms with Crippen LogP contribution in [0.25, 0.3) is 16.5 Å². The lowest BCUT2D eigenvalue weighted by atomic mass is 9.96. The van der Waals surface area contributed by atoms with Gasteiger partial charge in [0.25, 0.3) is 0 Å². The summed E-state index contributed by atoms with van der Waals surface area (Å²) >= 11 is 0. The molecule has 0 bridgehead atoms. The average molecular weight is 418 g/mol. The molecule has 0 spiro atoms. The van der Waals surface area contributed by atoms with E-state index in [0.717, 1.165) is 55.4 Å². The average Bonchev–Trinajstić information content (AvgIpc) is 3.15. The standard InChI is InChI=1S/C26H31N3O2/c1-3-5-16-31-25-9-7-6-8-21(25)26(30)20-10-11-24-22(17-20)23(18-29(24)27)19-12-14-28(4-2)15-13-19/h6-12,17-18H,3-5,13-16,27H2,1-2H3. The third-order valence-electron chi connectivity index (χ3n) is 6.07. The Kier molecular flexibility index (Phi) is 6.42. The van der Waals surface area contributed by atoms with E-state index in [1.807, 2.05) is 48.7 Å². The third kappa shape index (κ3) is 4.37. The van der Waals surface area contributed by atoms with E-state index in [-0.39, 0.29) is 5.78 Å². The van der Waals surface area contributed by atoms with E-state index in [1.54, 1.807) is 4.68 Å². The Bertz CT molecular complexity index is 1110. The van der Waals surface area contributed by atoms with Gasteiger partial charge >= 0.3 is 0 Å². The molecule has 1 aliphatic heterocycles. The number of nitrogen functional groups attached to an aromatic ring is 1. The number of nitrogens with zero attached hydrogens (tertiary/aromatic N) is 2. The predicted octanol–water partition coefficient (Wildman–Crippen LogP) is 4.87. The molecule has 2 aromatic carbocycles. The number of fused-ring (bicyclic) bond motifs is 1. The quantitative estimate of drug-likeness (QED) is 0.323. The molecular formula is C26H31N3O2. The molecule has 0 saturated heterocycles. The fourth-order valence-corrected chi connectivity index (χ4v) is 4.16. The number of hydrogen-bond acceptors (Lipinski definition) is 4. The fourth-order valence-electron chi connectivity index (χ4n) is 4.16. The summed E-state index contributed by atoms with van der Waals surface area (Å²) in [5.41, 5.74) is 4.60. The molecule has 0 saturated carbocycles. The molecule has 0 radical (unpaired) electrons. The van der Waals surface area contributed by atoms with Gasteiger partial charge in [-0.15, -0.1) is 0 Å². The fraction of sp³-hybridized carbons (Fsp3) is 0.346. The van der Waals surface area contributed by atoms with E-state index in [1.165, 1.54) is 5.57 Å². The first-order valence-corrected chi connectivity index (χ1v) is 11.2. The molecule has 5 nitrogen and oxygen atoms in total. The first kappa shape index (κ1) is 21.2. The second kappa shape index (κ2) is 9.40. The highest BCUT2D eigenvalue weighted by Gasteiger charge is 2.19. The first-order chi connectivity index (χ1) is 15.1. The van der Waals surface area contributed by atoms with Gasteiger partial charge in [0.2, 0.25) is 0 Å². The molecular weight excluding hydrogens is 386 g/mol.